The first kappa shape index (κ1) is 10.4. The zero-order chi connectivity index (χ0) is 11.8. The summed E-state index contributed by atoms with van der Waals surface area (Å²) < 4.78 is 0. The molecule has 0 spiro atoms. The van der Waals surface area contributed by atoms with Crippen LogP contribution in [-0.4, -0.2) is 5.11 Å². The molecular weight excluding hydrogens is 210 g/mol. The Hall–Kier alpha value is -1.80. The average molecular weight is 225 g/mol. The molecule has 0 bridgehead atoms. The molecule has 1 aliphatic rings. The minimum Gasteiger partial charge on any atom is -0.508 e. The topological polar surface area (TPSA) is 32.3 Å². The Morgan fingerprint density at radius 3 is 2.65 bits per heavy atom. The van der Waals surface area contributed by atoms with Crippen molar-refractivity contribution in [2.75, 3.05) is 0 Å². The quantitative estimate of drug-likeness (QED) is 0.782. The van der Waals surface area contributed by atoms with E-state index in [4.69, 9.17) is 0 Å². The lowest BCUT2D eigenvalue weighted by Crippen LogP contribution is -2.13. The van der Waals surface area contributed by atoms with Gasteiger partial charge in [0.25, 0.3) is 0 Å². The van der Waals surface area contributed by atoms with Gasteiger partial charge in [0.1, 0.15) is 5.75 Å². The van der Waals surface area contributed by atoms with Gasteiger partial charge in [0.2, 0.25) is 0 Å². The van der Waals surface area contributed by atoms with Gasteiger partial charge < -0.3 is 10.4 Å². The van der Waals surface area contributed by atoms with Crippen LogP contribution in [0.3, 0.4) is 0 Å². The van der Waals surface area contributed by atoms with E-state index in [1.54, 1.807) is 6.07 Å². The van der Waals surface area contributed by atoms with E-state index in [2.05, 4.69) is 36.5 Å². The van der Waals surface area contributed by atoms with Crippen molar-refractivity contribution >= 4 is 0 Å². The Kier molecular flexibility index (Phi) is 2.37. The van der Waals surface area contributed by atoms with Gasteiger partial charge in [-0.1, -0.05) is 35.9 Å². The number of hydrogen-bond acceptors (Lipinski definition) is 2. The minimum atomic E-state index is 0.256. The zero-order valence-electron chi connectivity index (χ0n) is 9.77. The Morgan fingerprint density at radius 1 is 1.12 bits per heavy atom. The molecule has 17 heavy (non-hydrogen) atoms. The second-order valence-electron chi connectivity index (χ2n) is 4.61. The van der Waals surface area contributed by atoms with E-state index in [-0.39, 0.29) is 6.04 Å². The molecule has 3 rings (SSSR count). The number of phenolic OH excluding ortho intramolecular Hbond substituents is 1. The first-order valence-electron chi connectivity index (χ1n) is 5.86. The van der Waals surface area contributed by atoms with Crippen LogP contribution in [0.4, 0.5) is 0 Å². The monoisotopic (exact) mass is 225 g/mol. The second-order valence-corrected chi connectivity index (χ2v) is 4.61. The summed E-state index contributed by atoms with van der Waals surface area (Å²) >= 11 is 0. The van der Waals surface area contributed by atoms with E-state index in [9.17, 15) is 5.11 Å². The maximum absolute atomic E-state index is 9.46. The van der Waals surface area contributed by atoms with Gasteiger partial charge in [-0.25, -0.2) is 0 Å². The maximum atomic E-state index is 9.46. The highest BCUT2D eigenvalue weighted by Crippen LogP contribution is 2.32. The third kappa shape index (κ3) is 1.81. The van der Waals surface area contributed by atoms with Crippen molar-refractivity contribution < 1.29 is 5.11 Å². The molecule has 1 aliphatic heterocycles. The van der Waals surface area contributed by atoms with Crippen molar-refractivity contribution in [3.8, 4) is 5.75 Å². The van der Waals surface area contributed by atoms with Crippen LogP contribution in [0.5, 0.6) is 5.75 Å². The van der Waals surface area contributed by atoms with Crippen LogP contribution in [0.15, 0.2) is 42.5 Å². The molecule has 0 saturated carbocycles. The SMILES string of the molecule is Cc1ccc(C2NCc3cc(O)ccc32)cc1. The first-order chi connectivity index (χ1) is 8.24. The highest BCUT2D eigenvalue weighted by Gasteiger charge is 2.23. The molecule has 0 aromatic heterocycles. The van der Waals surface area contributed by atoms with E-state index in [0.717, 1.165) is 6.54 Å². The molecule has 0 fully saturated rings. The summed E-state index contributed by atoms with van der Waals surface area (Å²) in [6, 6.07) is 14.5. The fourth-order valence-corrected chi connectivity index (χ4v) is 2.41. The van der Waals surface area contributed by atoms with E-state index < -0.39 is 0 Å². The van der Waals surface area contributed by atoms with Gasteiger partial charge in [-0.15, -0.1) is 0 Å². The van der Waals surface area contributed by atoms with Crippen LogP contribution in [0.2, 0.25) is 0 Å². The molecule has 0 amide bonds. The summed E-state index contributed by atoms with van der Waals surface area (Å²) in [4.78, 5) is 0. The summed E-state index contributed by atoms with van der Waals surface area (Å²) in [6.07, 6.45) is 0. The Balaban J connectivity index is 2.01. The lowest BCUT2D eigenvalue weighted by molar-refractivity contribution is 0.474. The van der Waals surface area contributed by atoms with Gasteiger partial charge in [-0.2, -0.15) is 0 Å². The summed E-state index contributed by atoms with van der Waals surface area (Å²) in [5.41, 5.74) is 5.01. The molecule has 2 aromatic rings. The number of benzene rings is 2. The molecular formula is C15H15NO. The van der Waals surface area contributed by atoms with Gasteiger partial charge in [0.05, 0.1) is 6.04 Å². The number of phenols is 1. The zero-order valence-corrected chi connectivity index (χ0v) is 9.77. The van der Waals surface area contributed by atoms with Gasteiger partial charge >= 0.3 is 0 Å². The van der Waals surface area contributed by atoms with Crippen LogP contribution >= 0.6 is 0 Å². The van der Waals surface area contributed by atoms with Crippen molar-refractivity contribution in [3.05, 3.63) is 64.7 Å². The van der Waals surface area contributed by atoms with Crippen LogP contribution in [-0.2, 0) is 6.54 Å². The summed E-state index contributed by atoms with van der Waals surface area (Å²) in [6.45, 7) is 2.92. The molecule has 0 radical (unpaired) electrons. The number of aryl methyl sites for hydroxylation is 1. The molecule has 2 aromatic carbocycles. The van der Waals surface area contributed by atoms with Crippen molar-refractivity contribution in [1.82, 2.24) is 5.32 Å². The highest BCUT2D eigenvalue weighted by atomic mass is 16.3. The number of rotatable bonds is 1. The standard InChI is InChI=1S/C15H15NO/c1-10-2-4-11(5-3-10)15-14-7-6-13(17)8-12(14)9-16-15/h2-8,15-17H,9H2,1H3. The molecule has 1 unspecified atom stereocenters. The van der Waals surface area contributed by atoms with E-state index in [0.29, 0.717) is 5.75 Å². The van der Waals surface area contributed by atoms with E-state index in [1.165, 1.54) is 22.3 Å². The summed E-state index contributed by atoms with van der Waals surface area (Å²) in [7, 11) is 0. The maximum Gasteiger partial charge on any atom is 0.115 e. The lowest BCUT2D eigenvalue weighted by atomic mass is 9.98. The second kappa shape index (κ2) is 3.90. The largest absolute Gasteiger partial charge is 0.508 e. The van der Waals surface area contributed by atoms with E-state index >= 15 is 0 Å². The van der Waals surface area contributed by atoms with Crippen molar-refractivity contribution in [3.63, 3.8) is 0 Å². The van der Waals surface area contributed by atoms with Crippen molar-refractivity contribution in [1.29, 1.82) is 0 Å². The van der Waals surface area contributed by atoms with Gasteiger partial charge in [-0.3, -0.25) is 0 Å². The van der Waals surface area contributed by atoms with E-state index in [1.807, 2.05) is 12.1 Å². The number of fused-ring (bicyclic) bond motifs is 1. The Morgan fingerprint density at radius 2 is 1.88 bits per heavy atom. The summed E-state index contributed by atoms with van der Waals surface area (Å²) in [5.74, 6) is 0.343. The predicted molar refractivity (Wildman–Crippen MR) is 68.0 cm³/mol. The predicted octanol–water partition coefficient (Wildman–Crippen LogP) is 2.89. The molecule has 0 saturated heterocycles. The normalized spacial score (nSPS) is 18.1. The van der Waals surface area contributed by atoms with Crippen LogP contribution in [0.25, 0.3) is 0 Å². The summed E-state index contributed by atoms with van der Waals surface area (Å²) in [5, 5.41) is 12.9. The van der Waals surface area contributed by atoms with Gasteiger partial charge in [-0.05, 0) is 35.7 Å². The Bertz CT molecular complexity index is 545. The first-order valence-corrected chi connectivity index (χ1v) is 5.86. The number of hydrogen-bond donors (Lipinski definition) is 2. The van der Waals surface area contributed by atoms with Crippen LogP contribution in [0, 0.1) is 6.92 Å². The van der Waals surface area contributed by atoms with Gasteiger partial charge in [0.15, 0.2) is 0 Å². The molecule has 1 atom stereocenters. The molecule has 1 heterocycles. The lowest BCUT2D eigenvalue weighted by Gasteiger charge is -2.12. The van der Waals surface area contributed by atoms with Crippen LogP contribution in [0.1, 0.15) is 28.3 Å². The molecule has 86 valence electrons. The third-order valence-electron chi connectivity index (χ3n) is 3.34. The minimum absolute atomic E-state index is 0.256. The number of aromatic hydroxyl groups is 1. The number of nitrogens with one attached hydrogen (secondary N) is 1. The average Bonchev–Trinajstić information content (AvgIpc) is 2.73. The van der Waals surface area contributed by atoms with Crippen molar-refractivity contribution in [2.24, 2.45) is 0 Å². The molecule has 0 aliphatic carbocycles. The van der Waals surface area contributed by atoms with Gasteiger partial charge in [0, 0.05) is 6.54 Å². The molecule has 2 N–H and O–H groups in total. The third-order valence-corrected chi connectivity index (χ3v) is 3.34. The van der Waals surface area contributed by atoms with Crippen molar-refractivity contribution in [2.45, 2.75) is 19.5 Å². The molecule has 2 nitrogen and oxygen atoms in total. The highest BCUT2D eigenvalue weighted by molar-refractivity contribution is 5.44. The Labute approximate surface area is 101 Å². The van der Waals surface area contributed by atoms with Crippen LogP contribution < -0.4 is 5.32 Å². The fourth-order valence-electron chi connectivity index (χ4n) is 2.41. The smallest absolute Gasteiger partial charge is 0.115 e. The fraction of sp³-hybridized carbons (Fsp3) is 0.200. The molecule has 2 heteroatoms.